The minimum absolute atomic E-state index is 0.0317. The van der Waals surface area contributed by atoms with Gasteiger partial charge < -0.3 is 0 Å². The van der Waals surface area contributed by atoms with Crippen LogP contribution in [0.15, 0.2) is 291 Å². The topological polar surface area (TPSA) is 16.3 Å². The van der Waals surface area contributed by atoms with Crippen LogP contribution in [0.5, 0.6) is 0 Å². The first kappa shape index (κ1) is 43.1. The number of hydrogen-bond acceptors (Lipinski definition) is 2. The summed E-state index contributed by atoms with van der Waals surface area (Å²) in [6, 6.07) is 39.8. The van der Waals surface area contributed by atoms with E-state index in [0.717, 1.165) is 33.4 Å². The van der Waals surface area contributed by atoms with Gasteiger partial charge in [0.1, 0.15) is 0 Å². The van der Waals surface area contributed by atoms with Crippen molar-refractivity contribution in [3.8, 4) is 55.9 Å². The first-order valence-electron chi connectivity index (χ1n) is 44.7. The molecule has 0 unspecified atom stereocenters. The molecule has 4 nitrogen and oxygen atoms in total. The van der Waals surface area contributed by atoms with E-state index in [4.69, 9.17) is 5.48 Å². The molecule has 101 heavy (non-hydrogen) atoms. The number of nitrogens with zero attached hydrogens (tertiary/aromatic N) is 4. The average Bonchev–Trinajstić information content (AvgIpc) is 1.66. The Balaban J connectivity index is 1.09. The zero-order valence-corrected chi connectivity index (χ0v) is 61.4. The fourth-order valence-electron chi connectivity index (χ4n) is 14.9. The van der Waals surface area contributed by atoms with Crippen LogP contribution in [0, 0.1) is 0 Å². The van der Waals surface area contributed by atoms with Crippen molar-refractivity contribution in [2.75, 3.05) is 9.80 Å². The monoisotopic (exact) mass is 1550 g/mol. The van der Waals surface area contributed by atoms with Crippen LogP contribution in [0.1, 0.15) is 109 Å². The summed E-state index contributed by atoms with van der Waals surface area (Å²) in [7, 11) is 0. The number of rotatable bonds is 8. The Bertz CT molecular complexity index is 7040. The van der Waals surface area contributed by atoms with Crippen molar-refractivity contribution >= 4 is 155 Å². The van der Waals surface area contributed by atoms with Crippen molar-refractivity contribution in [2.45, 2.75) is 78.6 Å². The number of para-hydroxylation sites is 2. The Kier molecular flexibility index (Phi) is 9.97. The van der Waals surface area contributed by atoms with E-state index in [1.807, 2.05) is 131 Å². The van der Waals surface area contributed by atoms with E-state index in [1.165, 1.54) is 9.13 Å². The maximum absolute atomic E-state index is 11.9. The van der Waals surface area contributed by atoms with Crippen LogP contribution < -0.4 is 26.2 Å². The maximum atomic E-state index is 11.9. The van der Waals surface area contributed by atoms with E-state index in [-0.39, 0.29) is 103 Å². The van der Waals surface area contributed by atoms with Crippen molar-refractivity contribution in [3.05, 3.63) is 307 Å². The second kappa shape index (κ2) is 23.4. The Morgan fingerprint density at radius 2 is 0.653 bits per heavy atom. The third-order valence-corrected chi connectivity index (χ3v) is 26.1. The molecule has 0 atom stereocenters. The molecule has 6 heterocycles. The molecule has 0 N–H and O–H groups in total. The number of fused-ring (bicyclic) bond motifs is 14. The van der Waals surface area contributed by atoms with Crippen LogP contribution in [-0.2, 0) is 16.2 Å². The van der Waals surface area contributed by atoms with E-state index in [0.29, 0.717) is 56.0 Å². The van der Waals surface area contributed by atoms with Gasteiger partial charge in [0, 0.05) is 0 Å². The van der Waals surface area contributed by atoms with Gasteiger partial charge in [-0.15, -0.1) is 0 Å². The van der Waals surface area contributed by atoms with Gasteiger partial charge in [0.15, 0.2) is 0 Å². The number of anilines is 6. The van der Waals surface area contributed by atoms with Crippen LogP contribution in [0.2, 0.25) is 0 Å². The average molecular weight is 1550 g/mol. The van der Waals surface area contributed by atoms with Crippen molar-refractivity contribution in [2.24, 2.45) is 0 Å². The molecule has 19 rings (SSSR count). The molecule has 0 fully saturated rings. The van der Waals surface area contributed by atoms with Crippen molar-refractivity contribution < 1.29 is 30.2 Å². The van der Waals surface area contributed by atoms with Crippen LogP contribution in [0.3, 0.4) is 0 Å². The molecule has 486 valence electrons. The molecule has 2 aliphatic heterocycles. The van der Waals surface area contributed by atoms with E-state index < -0.39 is 185 Å². The standard InChI is InChI=1S/C94H75BN4Te2/c1-92(2,3)62-50-71(58-30-14-10-15-31-58)88(72(51-62)59-32-16-11-17-33-59)98-79-56-65(96-77-42-26-22-38-67(77)85-69-40-24-28-44-83(69)100-90(85)96)46-48-75(79)95-76-49-47-66(97-78-43-27-23-39-68(78)86-70-41-25-29-45-84(70)101-91(86)97)57-80(76)99(82-55-64(94(7,8)9)54-81(98)87(82)95)89-73(60-34-18-12-19-35-60)52-63(93(4,5)6)53-74(89)61-36-20-13-21-37-61/h10-57H,1-9H3/i22D,23D,24D,25D,26D,27D,28D,29D,38D,39D,40D,41D,42D,43D,44D,45D,46D,47D,48D,49D,56D,57D. The van der Waals surface area contributed by atoms with Crippen molar-refractivity contribution in [3.63, 3.8) is 0 Å². The zero-order valence-electron chi connectivity index (χ0n) is 78.7. The fraction of sp³-hybridized carbons (Fsp3) is 0.128. The molecule has 7 heteroatoms. The van der Waals surface area contributed by atoms with Crippen LogP contribution >= 0.6 is 0 Å². The van der Waals surface area contributed by atoms with Gasteiger partial charge in [-0.2, -0.15) is 0 Å². The molecule has 13 aromatic carbocycles. The van der Waals surface area contributed by atoms with Crippen LogP contribution in [0.4, 0.5) is 34.1 Å². The van der Waals surface area contributed by atoms with Gasteiger partial charge in [0.2, 0.25) is 0 Å². The quantitative estimate of drug-likeness (QED) is 0.141. The molecule has 0 aliphatic carbocycles. The molecule has 0 saturated heterocycles. The SMILES string of the molecule is [2H]c1c([2H])c(-n2c3[te]c4c([2H])c([2H])c([2H])c([2H])c4c3c3c([2H])c([2H])c([2H])c([2H])c32)c([2H])c2c1B1c3c(cc(C(C)(C)C)cc3N(c3c(-c4ccccc4)cc(C(C)(C)C)cc3-c3ccccc3)c3c([2H])c(-n4c5[te]c6c([2H])c([2H])c([2H])c([2H])c6c5c5c([2H])c([2H])c([2H])c([2H])c54)c([2H])c([2H])c31)N2c1c(-c2ccccc2)cc(C(C)(C)C)cc1-c1ccccc1. The Labute approximate surface area is 642 Å². The second-order valence-electron chi connectivity index (χ2n) is 29.1. The van der Waals surface area contributed by atoms with Crippen molar-refractivity contribution in [1.82, 2.24) is 9.13 Å². The van der Waals surface area contributed by atoms with Gasteiger partial charge in [-0.25, -0.2) is 0 Å². The predicted octanol–water partition coefficient (Wildman–Crippen LogP) is 22.9. The second-order valence-corrected chi connectivity index (χ2v) is 34.9. The summed E-state index contributed by atoms with van der Waals surface area (Å²) in [5.41, 5.74) is 6.95. The number of hydrogen-bond donors (Lipinski definition) is 0. The summed E-state index contributed by atoms with van der Waals surface area (Å²) in [6.45, 7) is 17.4. The van der Waals surface area contributed by atoms with Gasteiger partial charge in [-0.3, -0.25) is 0 Å². The summed E-state index contributed by atoms with van der Waals surface area (Å²) in [5.74, 6) is 0. The molecule has 0 bridgehead atoms. The van der Waals surface area contributed by atoms with Crippen molar-refractivity contribution in [1.29, 1.82) is 0 Å². The molecular weight excluding hydrogens is 1450 g/mol. The summed E-state index contributed by atoms with van der Waals surface area (Å²) < 4.78 is 225. The third kappa shape index (κ3) is 9.90. The molecule has 2 aliphatic rings. The number of benzene rings is 13. The van der Waals surface area contributed by atoms with Crippen LogP contribution in [0.25, 0.3) is 113 Å². The van der Waals surface area contributed by atoms with Gasteiger partial charge >= 0.3 is 646 Å². The van der Waals surface area contributed by atoms with Gasteiger partial charge in [0.25, 0.3) is 0 Å². The molecule has 0 spiro atoms. The molecule has 0 saturated carbocycles. The van der Waals surface area contributed by atoms with Gasteiger partial charge in [0.05, 0.1) is 0 Å². The summed E-state index contributed by atoms with van der Waals surface area (Å²) in [6.07, 6.45) is 0. The fourth-order valence-corrected chi connectivity index (χ4v) is 21.4. The molecule has 4 aromatic heterocycles. The Morgan fingerprint density at radius 3 is 1.00 bits per heavy atom. The zero-order chi connectivity index (χ0) is 87.5. The predicted molar refractivity (Wildman–Crippen MR) is 436 cm³/mol. The summed E-state index contributed by atoms with van der Waals surface area (Å²) in [5, 5.41) is 0.0214. The normalized spacial score (nSPS) is 16.2. The van der Waals surface area contributed by atoms with E-state index in [9.17, 15) is 24.7 Å². The first-order valence-corrected chi connectivity index (χ1v) is 38.4. The van der Waals surface area contributed by atoms with E-state index >= 15 is 0 Å². The first-order chi connectivity index (χ1) is 58.2. The van der Waals surface area contributed by atoms with Gasteiger partial charge in [-0.1, -0.05) is 0 Å². The molecule has 0 radical (unpaired) electrons. The minimum atomic E-state index is -2.16. The van der Waals surface area contributed by atoms with E-state index in [2.05, 4.69) is 98.7 Å². The molecule has 17 aromatic rings. The van der Waals surface area contributed by atoms with Crippen LogP contribution in [-0.4, -0.2) is 56.7 Å². The summed E-state index contributed by atoms with van der Waals surface area (Å²) >= 11 is -4.32. The molecule has 0 amide bonds. The number of aromatic nitrogens is 2. The Morgan fingerprint density at radius 1 is 0.337 bits per heavy atom. The third-order valence-electron chi connectivity index (χ3n) is 19.9. The molecular formula is C94H75BN4Te2. The van der Waals surface area contributed by atoms with Gasteiger partial charge in [-0.05, 0) is 0 Å². The van der Waals surface area contributed by atoms with E-state index in [1.54, 1.807) is 0 Å². The summed E-state index contributed by atoms with van der Waals surface area (Å²) in [4.78, 5) is 3.96. The Hall–Kier alpha value is -9.82.